The van der Waals surface area contributed by atoms with E-state index in [1.807, 2.05) is 0 Å². The summed E-state index contributed by atoms with van der Waals surface area (Å²) in [6, 6.07) is 0.566. The lowest BCUT2D eigenvalue weighted by Crippen LogP contribution is -2.40. The molecule has 0 aromatic heterocycles. The van der Waals surface area contributed by atoms with Crippen LogP contribution in [0.3, 0.4) is 0 Å². The largest absolute Gasteiger partial charge is 0.396 e. The van der Waals surface area contributed by atoms with Crippen LogP contribution in [0.2, 0.25) is 0 Å². The van der Waals surface area contributed by atoms with Gasteiger partial charge in [0.2, 0.25) is 5.91 Å². The number of nitrogens with one attached hydrogen (secondary N) is 1. The summed E-state index contributed by atoms with van der Waals surface area (Å²) < 4.78 is 0. The van der Waals surface area contributed by atoms with Crippen molar-refractivity contribution in [3.05, 3.63) is 0 Å². The summed E-state index contributed by atoms with van der Waals surface area (Å²) >= 11 is 0. The van der Waals surface area contributed by atoms with Gasteiger partial charge in [0.25, 0.3) is 0 Å². The van der Waals surface area contributed by atoms with Gasteiger partial charge in [-0.2, -0.15) is 0 Å². The third-order valence-corrected chi connectivity index (χ3v) is 3.72. The van der Waals surface area contributed by atoms with E-state index >= 15 is 0 Å². The summed E-state index contributed by atoms with van der Waals surface area (Å²) in [6.45, 7) is 2.54. The smallest absolute Gasteiger partial charge is 0.233 e. The maximum absolute atomic E-state index is 10.9. The Labute approximate surface area is 110 Å². The monoisotopic (exact) mass is 257 g/mol. The molecule has 4 N–H and O–H groups in total. The molecule has 1 aliphatic heterocycles. The number of nitrogens with two attached hydrogens (primary N) is 1. The van der Waals surface area contributed by atoms with Crippen molar-refractivity contribution in [2.45, 2.75) is 57.4 Å². The standard InChI is InChI=1S/C13H27N3O2/c14-15-13(18)7-2-1-4-9-16-10-5-3-6-12(16)8-11-17/h12,17H,1-11,14H2,(H,15,18). The molecule has 1 saturated heterocycles. The minimum absolute atomic E-state index is 0.0777. The molecule has 0 radical (unpaired) electrons. The van der Waals surface area contributed by atoms with Crippen LogP contribution in [0.1, 0.15) is 51.4 Å². The number of likely N-dealkylation sites (tertiary alicyclic amines) is 1. The number of carbonyl (C=O) groups excluding carboxylic acids is 1. The van der Waals surface area contributed by atoms with Crippen molar-refractivity contribution in [2.24, 2.45) is 5.84 Å². The Bertz CT molecular complexity index is 234. The second-order valence-corrected chi connectivity index (χ2v) is 5.08. The van der Waals surface area contributed by atoms with Gasteiger partial charge in [-0.15, -0.1) is 0 Å². The van der Waals surface area contributed by atoms with Gasteiger partial charge in [0.1, 0.15) is 0 Å². The summed E-state index contributed by atoms with van der Waals surface area (Å²) in [6.07, 6.45) is 8.30. The number of hydrogen-bond donors (Lipinski definition) is 3. The summed E-state index contributed by atoms with van der Waals surface area (Å²) in [7, 11) is 0. The van der Waals surface area contributed by atoms with E-state index in [0.29, 0.717) is 12.5 Å². The lowest BCUT2D eigenvalue weighted by Gasteiger charge is -2.35. The van der Waals surface area contributed by atoms with E-state index in [2.05, 4.69) is 10.3 Å². The fraction of sp³-hybridized carbons (Fsp3) is 0.923. The van der Waals surface area contributed by atoms with Crippen LogP contribution in [0.4, 0.5) is 0 Å². The zero-order chi connectivity index (χ0) is 13.2. The molecule has 1 heterocycles. The summed E-state index contributed by atoms with van der Waals surface area (Å²) in [5.41, 5.74) is 2.15. The molecular formula is C13H27N3O2. The van der Waals surface area contributed by atoms with E-state index in [4.69, 9.17) is 10.9 Å². The van der Waals surface area contributed by atoms with Crippen molar-refractivity contribution in [1.29, 1.82) is 0 Å². The first-order valence-electron chi connectivity index (χ1n) is 7.12. The first-order valence-corrected chi connectivity index (χ1v) is 7.12. The van der Waals surface area contributed by atoms with Gasteiger partial charge >= 0.3 is 0 Å². The van der Waals surface area contributed by atoms with Crippen LogP contribution < -0.4 is 11.3 Å². The molecule has 1 rings (SSSR count). The number of aliphatic hydroxyl groups is 1. The molecule has 0 bridgehead atoms. The van der Waals surface area contributed by atoms with Crippen molar-refractivity contribution in [1.82, 2.24) is 10.3 Å². The van der Waals surface area contributed by atoms with Gasteiger partial charge in [-0.25, -0.2) is 5.84 Å². The number of hydrazine groups is 1. The van der Waals surface area contributed by atoms with E-state index in [1.165, 1.54) is 19.3 Å². The molecule has 18 heavy (non-hydrogen) atoms. The number of amides is 1. The van der Waals surface area contributed by atoms with Crippen molar-refractivity contribution in [3.8, 4) is 0 Å². The number of nitrogens with zero attached hydrogens (tertiary/aromatic N) is 1. The van der Waals surface area contributed by atoms with Crippen LogP contribution in [0.15, 0.2) is 0 Å². The molecule has 0 saturated carbocycles. The zero-order valence-electron chi connectivity index (χ0n) is 11.2. The topological polar surface area (TPSA) is 78.6 Å². The average Bonchev–Trinajstić information content (AvgIpc) is 2.40. The molecule has 1 fully saturated rings. The van der Waals surface area contributed by atoms with Crippen LogP contribution >= 0.6 is 0 Å². The number of carbonyl (C=O) groups is 1. The van der Waals surface area contributed by atoms with E-state index in [0.717, 1.165) is 38.8 Å². The minimum atomic E-state index is -0.0777. The first kappa shape index (κ1) is 15.4. The third-order valence-electron chi connectivity index (χ3n) is 3.72. The highest BCUT2D eigenvalue weighted by Crippen LogP contribution is 2.20. The summed E-state index contributed by atoms with van der Waals surface area (Å²) in [5.74, 6) is 4.95. The van der Waals surface area contributed by atoms with Crippen molar-refractivity contribution >= 4 is 5.91 Å². The lowest BCUT2D eigenvalue weighted by atomic mass is 9.99. The molecule has 106 valence electrons. The molecule has 1 aliphatic rings. The van der Waals surface area contributed by atoms with Crippen molar-refractivity contribution in [2.75, 3.05) is 19.7 Å². The highest BCUT2D eigenvalue weighted by molar-refractivity contribution is 5.74. The number of aliphatic hydroxyl groups excluding tert-OH is 1. The van der Waals surface area contributed by atoms with Crippen LogP contribution in [-0.2, 0) is 4.79 Å². The maximum atomic E-state index is 10.9. The van der Waals surface area contributed by atoms with Gasteiger partial charge < -0.3 is 10.0 Å². The second kappa shape index (κ2) is 9.30. The van der Waals surface area contributed by atoms with E-state index in [9.17, 15) is 4.79 Å². The Balaban J connectivity index is 2.10. The van der Waals surface area contributed by atoms with Gasteiger partial charge in [-0.3, -0.25) is 10.2 Å². The molecule has 5 heteroatoms. The zero-order valence-corrected chi connectivity index (χ0v) is 11.2. The first-order chi connectivity index (χ1) is 8.77. The van der Waals surface area contributed by atoms with Crippen LogP contribution in [0, 0.1) is 0 Å². The molecule has 0 aliphatic carbocycles. The van der Waals surface area contributed by atoms with E-state index in [-0.39, 0.29) is 12.5 Å². The van der Waals surface area contributed by atoms with Gasteiger partial charge in [0.15, 0.2) is 0 Å². The fourth-order valence-electron chi connectivity index (χ4n) is 2.68. The number of hydrogen-bond acceptors (Lipinski definition) is 4. The number of unbranched alkanes of at least 4 members (excludes halogenated alkanes) is 2. The van der Waals surface area contributed by atoms with Crippen molar-refractivity contribution < 1.29 is 9.90 Å². The summed E-state index contributed by atoms with van der Waals surface area (Å²) in [5, 5.41) is 9.05. The van der Waals surface area contributed by atoms with Crippen LogP contribution in [0.25, 0.3) is 0 Å². The highest BCUT2D eigenvalue weighted by Gasteiger charge is 2.20. The van der Waals surface area contributed by atoms with Gasteiger partial charge in [0, 0.05) is 19.1 Å². The fourth-order valence-corrected chi connectivity index (χ4v) is 2.68. The van der Waals surface area contributed by atoms with E-state index in [1.54, 1.807) is 0 Å². The molecule has 1 unspecified atom stereocenters. The average molecular weight is 257 g/mol. The molecule has 1 amide bonds. The minimum Gasteiger partial charge on any atom is -0.396 e. The third kappa shape index (κ3) is 5.80. The van der Waals surface area contributed by atoms with Crippen LogP contribution in [-0.4, -0.2) is 41.7 Å². The lowest BCUT2D eigenvalue weighted by molar-refractivity contribution is -0.121. The molecular weight excluding hydrogens is 230 g/mol. The molecule has 0 spiro atoms. The SMILES string of the molecule is NNC(=O)CCCCCN1CCCCC1CCO. The predicted molar refractivity (Wildman–Crippen MR) is 71.7 cm³/mol. The Kier molecular flexibility index (Phi) is 7.96. The molecule has 5 nitrogen and oxygen atoms in total. The normalized spacial score (nSPS) is 20.9. The number of piperidine rings is 1. The van der Waals surface area contributed by atoms with Gasteiger partial charge in [0.05, 0.1) is 0 Å². The second-order valence-electron chi connectivity index (χ2n) is 5.08. The van der Waals surface area contributed by atoms with E-state index < -0.39 is 0 Å². The van der Waals surface area contributed by atoms with Crippen molar-refractivity contribution in [3.63, 3.8) is 0 Å². The Morgan fingerprint density at radius 3 is 2.89 bits per heavy atom. The molecule has 1 atom stereocenters. The Hall–Kier alpha value is -0.650. The Morgan fingerprint density at radius 1 is 1.33 bits per heavy atom. The number of rotatable bonds is 8. The molecule has 0 aromatic carbocycles. The Morgan fingerprint density at radius 2 is 2.17 bits per heavy atom. The maximum Gasteiger partial charge on any atom is 0.233 e. The van der Waals surface area contributed by atoms with Crippen LogP contribution in [0.5, 0.6) is 0 Å². The molecule has 0 aromatic rings. The quantitative estimate of drug-likeness (QED) is 0.260. The predicted octanol–water partition coefficient (Wildman–Crippen LogP) is 0.774. The highest BCUT2D eigenvalue weighted by atomic mass is 16.3. The van der Waals surface area contributed by atoms with Gasteiger partial charge in [-0.1, -0.05) is 12.8 Å². The van der Waals surface area contributed by atoms with Gasteiger partial charge in [-0.05, 0) is 45.2 Å². The summed E-state index contributed by atoms with van der Waals surface area (Å²) in [4.78, 5) is 13.4.